The van der Waals surface area contributed by atoms with Crippen LogP contribution in [0.3, 0.4) is 0 Å². The second kappa shape index (κ2) is 27.1. The first-order valence-corrected chi connectivity index (χ1v) is 36.0. The van der Waals surface area contributed by atoms with Gasteiger partial charge in [-0.1, -0.05) is 0 Å². The van der Waals surface area contributed by atoms with Crippen LogP contribution in [0, 0.1) is 5.92 Å². The molecule has 0 saturated carbocycles. The molecule has 18 nitrogen and oxygen atoms in total. The number of rotatable bonds is 30. The third kappa shape index (κ3) is 11.9. The summed E-state index contributed by atoms with van der Waals surface area (Å²) in [5, 5.41) is 165. The third-order valence-electron chi connectivity index (χ3n) is 14.7. The van der Waals surface area contributed by atoms with E-state index in [1.54, 1.807) is 0 Å². The van der Waals surface area contributed by atoms with Gasteiger partial charge in [-0.25, -0.2) is 14.4 Å². The fraction of sp³-hybridized carbons (Fsp3) is 0.577. The zero-order valence-corrected chi connectivity index (χ0v) is 53.6. The average molecular weight is 1360 g/mol. The van der Waals surface area contributed by atoms with E-state index in [0.717, 1.165) is 0 Å². The third-order valence-corrected chi connectivity index (χ3v) is 35.2. The van der Waals surface area contributed by atoms with Gasteiger partial charge in [0.25, 0.3) is 0 Å². The molecule has 0 unspecified atom stereocenters. The Labute approximate surface area is 524 Å². The van der Waals surface area contributed by atoms with E-state index in [2.05, 4.69) is 0 Å². The molecule has 3 aromatic rings. The van der Waals surface area contributed by atoms with Gasteiger partial charge in [0.2, 0.25) is 0 Å². The molecule has 0 spiro atoms. The second-order valence-electron chi connectivity index (χ2n) is 19.9. The van der Waals surface area contributed by atoms with Crippen LogP contribution < -0.4 is 0 Å². The van der Waals surface area contributed by atoms with E-state index >= 15 is 0 Å². The summed E-state index contributed by atoms with van der Waals surface area (Å²) in [4.78, 5) is 46.7. The Hall–Kier alpha value is -0.210. The van der Waals surface area contributed by atoms with Gasteiger partial charge in [0.05, 0.1) is 47.1 Å². The van der Waals surface area contributed by atoms with Gasteiger partial charge >= 0.3 is 17.9 Å². The maximum atomic E-state index is 14.2. The lowest BCUT2D eigenvalue weighted by Gasteiger charge is -2.32. The minimum absolute atomic E-state index is 0.0643. The molecule has 0 atom stereocenters. The molecule has 0 amide bonds. The molecular formula is C52H63O18S12. The monoisotopic (exact) mass is 1360 g/mol. The molecule has 3 aromatic carbocycles. The summed E-state index contributed by atoms with van der Waals surface area (Å²) in [6.45, 7) is -4.43. The number of fused-ring (bicyclic) bond motifs is 6. The number of carbonyl (C=O) groups is 3. The topological polar surface area (TPSA) is 355 Å². The van der Waals surface area contributed by atoms with Gasteiger partial charge in [-0.2, -0.15) is 0 Å². The molecule has 0 fully saturated rings. The number of carboxylic acids is 3. The summed E-state index contributed by atoms with van der Waals surface area (Å²) in [5.74, 6) is -3.56. The zero-order chi connectivity index (χ0) is 59.2. The number of aliphatic hydroxyl groups excluding tert-OH is 12. The number of carboxylic acid groups (broad SMARTS) is 3. The summed E-state index contributed by atoms with van der Waals surface area (Å²) >= 11 is 14.6. The molecule has 451 valence electrons. The van der Waals surface area contributed by atoms with Crippen LogP contribution in [-0.4, -0.2) is 198 Å². The predicted octanol–water partition coefficient (Wildman–Crippen LogP) is 7.75. The Morgan fingerprint density at radius 1 is 0.220 bits per heavy atom. The lowest BCUT2D eigenvalue weighted by atomic mass is 9.83. The largest absolute Gasteiger partial charge is 0.478 e. The number of benzene rings is 3. The first-order valence-electron chi connectivity index (χ1n) is 26.2. The van der Waals surface area contributed by atoms with Crippen LogP contribution in [0.2, 0.25) is 0 Å². The molecule has 82 heavy (non-hydrogen) atoms. The Balaban J connectivity index is 1.58. The maximum Gasteiger partial charge on any atom is 0.338 e. The Bertz CT molecular complexity index is 2460. The van der Waals surface area contributed by atoms with Crippen molar-refractivity contribution in [3.05, 3.63) is 39.3 Å². The van der Waals surface area contributed by atoms with Crippen molar-refractivity contribution in [1.82, 2.24) is 0 Å². The number of aromatic carboxylic acids is 3. The zero-order valence-electron chi connectivity index (χ0n) is 43.8. The van der Waals surface area contributed by atoms with Gasteiger partial charge < -0.3 is 76.6 Å². The smallest absolute Gasteiger partial charge is 0.338 e. The minimum atomic E-state index is -1.31. The summed E-state index contributed by atoms with van der Waals surface area (Å²) in [6, 6.07) is 0. The molecule has 0 bridgehead atoms. The van der Waals surface area contributed by atoms with E-state index in [1.165, 1.54) is 141 Å². The first-order chi connectivity index (χ1) is 39.3. The van der Waals surface area contributed by atoms with Crippen molar-refractivity contribution < 1.29 is 91.0 Å². The molecule has 0 aliphatic carbocycles. The molecule has 15 N–H and O–H groups in total. The summed E-state index contributed by atoms with van der Waals surface area (Å²) in [7, 11) is 0. The highest BCUT2D eigenvalue weighted by atomic mass is 32.2. The minimum Gasteiger partial charge on any atom is -0.478 e. The summed E-state index contributed by atoms with van der Waals surface area (Å²) in [6.07, 6.45) is 0.772. The number of aliphatic hydroxyl groups is 12. The lowest BCUT2D eigenvalue weighted by Crippen LogP contribution is -2.22. The van der Waals surface area contributed by atoms with Gasteiger partial charge in [-0.15, -0.1) is 141 Å². The fourth-order valence-electron chi connectivity index (χ4n) is 11.2. The van der Waals surface area contributed by atoms with Gasteiger partial charge in [-0.3, -0.25) is 0 Å². The fourth-order valence-corrected chi connectivity index (χ4v) is 32.1. The summed E-state index contributed by atoms with van der Waals surface area (Å²) in [5.41, 5.74) is 0.921. The van der Waals surface area contributed by atoms with Crippen molar-refractivity contribution in [2.75, 3.05) is 79.3 Å². The molecule has 6 aliphatic heterocycles. The average Bonchev–Trinajstić information content (AvgIpc) is 1.64. The first kappa shape index (κ1) is 66.2. The van der Waals surface area contributed by atoms with E-state index < -0.39 is 42.4 Å². The molecular weight excluding hydrogens is 1300 g/mol. The van der Waals surface area contributed by atoms with Crippen LogP contribution in [0.1, 0.15) is 125 Å². The second-order valence-corrected chi connectivity index (χ2v) is 38.1. The molecule has 30 heteroatoms. The van der Waals surface area contributed by atoms with E-state index in [9.17, 15) is 91.0 Å². The molecule has 6 heterocycles. The van der Waals surface area contributed by atoms with Crippen LogP contribution in [0.15, 0.2) is 58.7 Å². The van der Waals surface area contributed by atoms with E-state index in [-0.39, 0.29) is 202 Å². The van der Waals surface area contributed by atoms with E-state index in [4.69, 9.17) is 0 Å². The number of hydrogen-bond acceptors (Lipinski definition) is 27. The van der Waals surface area contributed by atoms with Crippen molar-refractivity contribution in [3.8, 4) is 0 Å². The molecule has 9 rings (SSSR count). The Morgan fingerprint density at radius 3 is 0.427 bits per heavy atom. The Kier molecular flexibility index (Phi) is 21.9. The quantitative estimate of drug-likeness (QED) is 0.0283. The van der Waals surface area contributed by atoms with E-state index in [1.807, 2.05) is 0 Å². The van der Waals surface area contributed by atoms with Crippen molar-refractivity contribution in [2.24, 2.45) is 0 Å². The van der Waals surface area contributed by atoms with Crippen molar-refractivity contribution in [2.45, 2.75) is 160 Å². The van der Waals surface area contributed by atoms with Crippen LogP contribution >= 0.6 is 141 Å². The standard InChI is InChI=1S/C52H63O18S12/c53-13-1-47(2-14-54)71-32-26(33-39(29(44(65)66)38(32)77-47)78-48(72-33,3-15-55)4-16-56)25(27-34-40(79-49(73-34,5-17-57)6-18-58)30(45(67)68)41-35(27)74-50(80-41,7-19-59)8-20-60)28-36-42(81-51(75-36,9-21-61)10-22-62)31(46(69)70)43-37(28)76-52(82-43,11-23-63)12-24-64/h53-64H,1-24H2,(H,65,66)(H,67,68)(H,69,70). The normalized spacial score (nSPS) is 19.6. The number of thioether (sulfide) groups is 12. The molecule has 0 aromatic heterocycles. The van der Waals surface area contributed by atoms with Crippen molar-refractivity contribution in [3.63, 3.8) is 0 Å². The van der Waals surface area contributed by atoms with E-state index in [0.29, 0.717) is 52.0 Å². The van der Waals surface area contributed by atoms with Crippen molar-refractivity contribution in [1.29, 1.82) is 0 Å². The van der Waals surface area contributed by atoms with Crippen LogP contribution in [0.4, 0.5) is 0 Å². The van der Waals surface area contributed by atoms with Crippen LogP contribution in [0.25, 0.3) is 0 Å². The van der Waals surface area contributed by atoms with Gasteiger partial charge in [0.15, 0.2) is 0 Å². The SMILES string of the molecule is O=C(O)c1c2c(c([C](c3c4c(c(C(=O)O)c5c3SC(CCO)(CCO)S5)SC(CCO)(CCO)S4)c3c4c(c(C(=O)O)c5c3SC(CCO)(CCO)S5)SC(CCO)(CCO)S4)c3c1SC(CCO)(CCO)S3)SC(CCO)(CCO)S2. The highest BCUT2D eigenvalue weighted by molar-refractivity contribution is 8.23. The van der Waals surface area contributed by atoms with Crippen LogP contribution in [0.5, 0.6) is 0 Å². The van der Waals surface area contributed by atoms with Gasteiger partial charge in [-0.05, 0) is 93.7 Å². The maximum absolute atomic E-state index is 14.2. The number of hydrogen-bond donors (Lipinski definition) is 15. The summed E-state index contributed by atoms with van der Waals surface area (Å²) < 4.78 is -6.61. The van der Waals surface area contributed by atoms with Gasteiger partial charge in [0, 0.05) is 138 Å². The van der Waals surface area contributed by atoms with Crippen LogP contribution in [-0.2, 0) is 0 Å². The Morgan fingerprint density at radius 2 is 0.329 bits per heavy atom. The highest BCUT2D eigenvalue weighted by Crippen LogP contribution is 2.77. The predicted molar refractivity (Wildman–Crippen MR) is 328 cm³/mol. The molecule has 1 radical (unpaired) electrons. The van der Waals surface area contributed by atoms with Gasteiger partial charge in [0.1, 0.15) is 0 Å². The highest BCUT2D eigenvalue weighted by Gasteiger charge is 2.58. The lowest BCUT2D eigenvalue weighted by molar-refractivity contribution is 0.0677. The molecule has 0 saturated heterocycles. The molecule has 6 aliphatic rings. The van der Waals surface area contributed by atoms with Crippen molar-refractivity contribution >= 4 is 159 Å².